The molecule has 0 spiro atoms. The van der Waals surface area contributed by atoms with Crippen molar-refractivity contribution in [3.8, 4) is 5.75 Å². The molecule has 2 N–H and O–H groups in total. The number of rotatable bonds is 5. The zero-order chi connectivity index (χ0) is 22.4. The first-order valence-electron chi connectivity index (χ1n) is 10.3. The monoisotopic (exact) mass is 503 g/mol. The van der Waals surface area contributed by atoms with E-state index in [0.29, 0.717) is 27.0 Å². The third kappa shape index (κ3) is 6.51. The van der Waals surface area contributed by atoms with E-state index in [-0.39, 0.29) is 23.0 Å². The van der Waals surface area contributed by atoms with Crippen LogP contribution in [0.2, 0.25) is 0 Å². The van der Waals surface area contributed by atoms with Crippen LogP contribution in [0.5, 0.6) is 5.75 Å². The Morgan fingerprint density at radius 1 is 1.03 bits per heavy atom. The molecule has 0 aromatic heterocycles. The van der Waals surface area contributed by atoms with E-state index in [1.807, 2.05) is 18.7 Å². The number of likely N-dealkylation sites (tertiary alicyclic amines) is 1. The Bertz CT molecular complexity index is 957. The van der Waals surface area contributed by atoms with Crippen molar-refractivity contribution in [2.24, 2.45) is 0 Å². The van der Waals surface area contributed by atoms with Crippen LogP contribution in [0.4, 0.5) is 5.69 Å². The fourth-order valence-corrected chi connectivity index (χ4v) is 3.99. The van der Waals surface area contributed by atoms with E-state index in [1.54, 1.807) is 42.5 Å². The summed E-state index contributed by atoms with van der Waals surface area (Å²) >= 11 is 8.69. The lowest BCUT2D eigenvalue weighted by atomic mass is 10.1. The maximum absolute atomic E-state index is 12.6. The number of ether oxygens (including phenoxy) is 1. The van der Waals surface area contributed by atoms with Gasteiger partial charge < -0.3 is 15.0 Å². The topological polar surface area (TPSA) is 70.7 Å². The molecule has 0 radical (unpaired) electrons. The van der Waals surface area contributed by atoms with Crippen LogP contribution >= 0.6 is 28.1 Å². The summed E-state index contributed by atoms with van der Waals surface area (Å²) in [6.45, 7) is 5.51. The smallest absolute Gasteiger partial charge is 0.257 e. The number of hydrogen-bond donors (Lipinski definition) is 2. The van der Waals surface area contributed by atoms with Crippen molar-refractivity contribution in [3.63, 3.8) is 0 Å². The van der Waals surface area contributed by atoms with E-state index >= 15 is 0 Å². The van der Waals surface area contributed by atoms with E-state index in [2.05, 4.69) is 26.6 Å². The number of amides is 2. The van der Waals surface area contributed by atoms with Gasteiger partial charge in [-0.15, -0.1) is 0 Å². The first-order chi connectivity index (χ1) is 14.8. The van der Waals surface area contributed by atoms with Crippen LogP contribution in [0.1, 0.15) is 53.8 Å². The lowest BCUT2D eigenvalue weighted by molar-refractivity contribution is 0.0724. The molecule has 164 valence electrons. The normalized spacial score (nSPS) is 13.6. The van der Waals surface area contributed by atoms with Crippen molar-refractivity contribution in [2.45, 2.75) is 39.2 Å². The fraction of sp³-hybridized carbons (Fsp3) is 0.348. The summed E-state index contributed by atoms with van der Waals surface area (Å²) in [5, 5.41) is 5.82. The molecule has 2 aromatic rings. The molecular formula is C23H26BrN3O3S. The third-order valence-electron chi connectivity index (χ3n) is 4.82. The highest BCUT2D eigenvalue weighted by molar-refractivity contribution is 9.10. The summed E-state index contributed by atoms with van der Waals surface area (Å²) in [6.07, 6.45) is 3.34. The molecule has 1 aliphatic heterocycles. The van der Waals surface area contributed by atoms with Gasteiger partial charge in [-0.2, -0.15) is 0 Å². The largest absolute Gasteiger partial charge is 0.490 e. The molecule has 8 heteroatoms. The fourth-order valence-electron chi connectivity index (χ4n) is 3.30. The average Bonchev–Trinajstić information content (AvgIpc) is 2.75. The van der Waals surface area contributed by atoms with Gasteiger partial charge in [-0.05, 0) is 104 Å². The Labute approximate surface area is 196 Å². The van der Waals surface area contributed by atoms with Crippen LogP contribution in [0.3, 0.4) is 0 Å². The first-order valence-corrected chi connectivity index (χ1v) is 11.5. The molecule has 2 amide bonds. The number of hydrogen-bond acceptors (Lipinski definition) is 4. The van der Waals surface area contributed by atoms with E-state index in [4.69, 9.17) is 17.0 Å². The molecular weight excluding hydrogens is 478 g/mol. The minimum atomic E-state index is -0.328. The molecule has 1 aliphatic rings. The molecule has 31 heavy (non-hydrogen) atoms. The predicted octanol–water partition coefficient (Wildman–Crippen LogP) is 4.99. The lowest BCUT2D eigenvalue weighted by Crippen LogP contribution is -2.35. The maximum Gasteiger partial charge on any atom is 0.257 e. The van der Waals surface area contributed by atoms with Gasteiger partial charge in [0.25, 0.3) is 11.8 Å². The highest BCUT2D eigenvalue weighted by Crippen LogP contribution is 2.27. The predicted molar refractivity (Wildman–Crippen MR) is 130 cm³/mol. The van der Waals surface area contributed by atoms with Crippen molar-refractivity contribution in [3.05, 3.63) is 58.1 Å². The molecule has 2 aromatic carbocycles. The van der Waals surface area contributed by atoms with Crippen LogP contribution in [0, 0.1) is 0 Å². The Kier molecular flexibility index (Phi) is 8.03. The molecule has 0 atom stereocenters. The van der Waals surface area contributed by atoms with Gasteiger partial charge in [0, 0.05) is 29.9 Å². The Hall–Kier alpha value is -2.45. The van der Waals surface area contributed by atoms with Gasteiger partial charge in [0.1, 0.15) is 5.75 Å². The van der Waals surface area contributed by atoms with Crippen LogP contribution in [0.25, 0.3) is 0 Å². The molecule has 0 bridgehead atoms. The number of carbonyl (C=O) groups is 2. The summed E-state index contributed by atoms with van der Waals surface area (Å²) in [6, 6.07) is 12.2. The lowest BCUT2D eigenvalue weighted by Gasteiger charge is -2.26. The number of thiocarbonyl (C=S) groups is 1. The second-order valence-electron chi connectivity index (χ2n) is 7.65. The zero-order valence-electron chi connectivity index (χ0n) is 17.6. The molecule has 3 rings (SSSR count). The molecule has 6 nitrogen and oxygen atoms in total. The van der Waals surface area contributed by atoms with Gasteiger partial charge in [-0.25, -0.2) is 0 Å². The second kappa shape index (κ2) is 10.7. The number of nitrogens with zero attached hydrogens (tertiary/aromatic N) is 1. The summed E-state index contributed by atoms with van der Waals surface area (Å²) in [5.41, 5.74) is 1.80. The molecule has 0 unspecified atom stereocenters. The Morgan fingerprint density at radius 2 is 1.68 bits per heavy atom. The Balaban J connectivity index is 1.56. The molecule has 0 aliphatic carbocycles. The number of halogens is 1. The Morgan fingerprint density at radius 3 is 2.29 bits per heavy atom. The number of carbonyl (C=O) groups excluding carboxylic acids is 2. The quantitative estimate of drug-likeness (QED) is 0.562. The zero-order valence-corrected chi connectivity index (χ0v) is 20.0. The minimum Gasteiger partial charge on any atom is -0.490 e. The van der Waals surface area contributed by atoms with Gasteiger partial charge in [-0.3, -0.25) is 14.9 Å². The van der Waals surface area contributed by atoms with Crippen LogP contribution in [-0.4, -0.2) is 41.0 Å². The van der Waals surface area contributed by atoms with Gasteiger partial charge in [-0.1, -0.05) is 0 Å². The van der Waals surface area contributed by atoms with Gasteiger partial charge >= 0.3 is 0 Å². The molecule has 1 saturated heterocycles. The van der Waals surface area contributed by atoms with Crippen molar-refractivity contribution in [1.29, 1.82) is 0 Å². The number of nitrogens with one attached hydrogen (secondary N) is 2. The van der Waals surface area contributed by atoms with Gasteiger partial charge in [0.15, 0.2) is 5.11 Å². The van der Waals surface area contributed by atoms with Crippen LogP contribution < -0.4 is 15.4 Å². The summed E-state index contributed by atoms with van der Waals surface area (Å²) in [5.74, 6) is 0.398. The molecule has 1 heterocycles. The van der Waals surface area contributed by atoms with E-state index in [1.165, 1.54) is 6.42 Å². The van der Waals surface area contributed by atoms with Gasteiger partial charge in [0.05, 0.1) is 10.6 Å². The summed E-state index contributed by atoms with van der Waals surface area (Å²) < 4.78 is 6.36. The second-order valence-corrected chi connectivity index (χ2v) is 8.91. The van der Waals surface area contributed by atoms with E-state index in [9.17, 15) is 9.59 Å². The number of anilines is 1. The number of benzene rings is 2. The van der Waals surface area contributed by atoms with E-state index < -0.39 is 0 Å². The molecule has 0 saturated carbocycles. The van der Waals surface area contributed by atoms with Crippen LogP contribution in [-0.2, 0) is 0 Å². The van der Waals surface area contributed by atoms with Crippen LogP contribution in [0.15, 0.2) is 46.9 Å². The SMILES string of the molecule is CC(C)Oc1ccc(C(=O)NC(=S)Nc2ccc(C(=O)N3CCCCC3)cc2)cc1Br. The molecule has 1 fully saturated rings. The highest BCUT2D eigenvalue weighted by atomic mass is 79.9. The first kappa shape index (κ1) is 23.2. The van der Waals surface area contributed by atoms with Gasteiger partial charge in [0.2, 0.25) is 0 Å². The standard InChI is InChI=1S/C23H26BrN3O3S/c1-15(2)30-20-11-8-17(14-19(20)24)21(28)26-23(31)25-18-9-6-16(7-10-18)22(29)27-12-4-3-5-13-27/h6-11,14-15H,3-5,12-13H2,1-2H3,(H2,25,26,28,31). The number of piperidine rings is 1. The van der Waals surface area contributed by atoms with Crippen molar-refractivity contribution in [1.82, 2.24) is 10.2 Å². The summed E-state index contributed by atoms with van der Waals surface area (Å²) in [4.78, 5) is 27.0. The average molecular weight is 504 g/mol. The van der Waals surface area contributed by atoms with Crippen molar-refractivity contribution >= 4 is 50.8 Å². The van der Waals surface area contributed by atoms with Crippen molar-refractivity contribution in [2.75, 3.05) is 18.4 Å². The highest BCUT2D eigenvalue weighted by Gasteiger charge is 2.18. The minimum absolute atomic E-state index is 0.0364. The van der Waals surface area contributed by atoms with Crippen molar-refractivity contribution < 1.29 is 14.3 Å². The third-order valence-corrected chi connectivity index (χ3v) is 5.64. The maximum atomic E-state index is 12.6. The van der Waals surface area contributed by atoms with E-state index in [0.717, 1.165) is 25.9 Å². The summed E-state index contributed by atoms with van der Waals surface area (Å²) in [7, 11) is 0.